The number of hydrogen-bond acceptors (Lipinski definition) is 9. The summed E-state index contributed by atoms with van der Waals surface area (Å²) < 4.78 is 66.3. The van der Waals surface area contributed by atoms with Crippen LogP contribution < -0.4 is 15.0 Å². The minimum Gasteiger partial charge on any atom is -0.481 e. The number of morpholine rings is 1. The van der Waals surface area contributed by atoms with E-state index in [1.807, 2.05) is 4.90 Å². The molecule has 0 aliphatic carbocycles. The van der Waals surface area contributed by atoms with Crippen LogP contribution in [-0.2, 0) is 24.3 Å². The van der Waals surface area contributed by atoms with Crippen LogP contribution in [0.1, 0.15) is 24.5 Å². The van der Waals surface area contributed by atoms with Crippen molar-refractivity contribution in [3.63, 3.8) is 0 Å². The Hall–Kier alpha value is -3.66. The number of piperidine rings is 1. The number of thiazole rings is 1. The number of carboxylic acid groups (broad SMARTS) is 1. The molecule has 0 spiro atoms. The Morgan fingerprint density at radius 2 is 1.76 bits per heavy atom. The van der Waals surface area contributed by atoms with Gasteiger partial charge >= 0.3 is 5.97 Å². The fourth-order valence-corrected chi connectivity index (χ4v) is 6.99. The molecule has 3 aromatic rings. The summed E-state index contributed by atoms with van der Waals surface area (Å²) in [7, 11) is -3.80. The van der Waals surface area contributed by atoms with E-state index in [-0.39, 0.29) is 47.6 Å². The maximum absolute atomic E-state index is 14.5. The molecular formula is C27H28F2N4O7S2. The van der Waals surface area contributed by atoms with Gasteiger partial charge in [-0.15, -0.1) is 0 Å². The molecule has 15 heteroatoms. The van der Waals surface area contributed by atoms with Gasteiger partial charge in [0.1, 0.15) is 10.8 Å². The molecule has 2 aliphatic rings. The summed E-state index contributed by atoms with van der Waals surface area (Å²) in [5.41, 5.74) is 0.227. The lowest BCUT2D eigenvalue weighted by Crippen LogP contribution is -2.40. The fourth-order valence-electron chi connectivity index (χ4n) is 4.71. The van der Waals surface area contributed by atoms with E-state index < -0.39 is 45.6 Å². The molecule has 2 fully saturated rings. The highest BCUT2D eigenvalue weighted by Gasteiger charge is 2.30. The van der Waals surface area contributed by atoms with E-state index >= 15 is 0 Å². The lowest BCUT2D eigenvalue weighted by molar-refractivity contribution is -0.142. The van der Waals surface area contributed by atoms with Gasteiger partial charge in [-0.1, -0.05) is 23.5 Å². The number of rotatable bonds is 9. The second-order valence-electron chi connectivity index (χ2n) is 9.75. The van der Waals surface area contributed by atoms with E-state index in [0.29, 0.717) is 32.0 Å². The normalized spacial score (nSPS) is 17.5. The van der Waals surface area contributed by atoms with E-state index in [1.54, 1.807) is 6.20 Å². The zero-order valence-corrected chi connectivity index (χ0v) is 23.9. The number of aliphatic carboxylic acids is 1. The number of halogens is 2. The second kappa shape index (κ2) is 12.7. The molecule has 1 atom stereocenters. The zero-order chi connectivity index (χ0) is 29.9. The standard InChI is InChI=1S/C27H28F2N4O7S2/c28-19-3-6-22(21(29)15-19)40-24(17-1-4-20(5-2-17)42(37,38)33-11-13-39-14-12-33)25(34)31-27-30-16-23(41-27)32-9-7-18(8-10-32)26(35)36/h1-6,15-16,18,24H,7-14H2,(H,35,36)(H,30,31,34). The molecule has 1 unspecified atom stereocenters. The number of carbonyl (C=O) groups is 2. The van der Waals surface area contributed by atoms with Crippen molar-refractivity contribution in [2.45, 2.75) is 23.8 Å². The van der Waals surface area contributed by atoms with Crippen LogP contribution in [0.2, 0.25) is 0 Å². The predicted molar refractivity (Wildman–Crippen MR) is 149 cm³/mol. The maximum Gasteiger partial charge on any atom is 0.306 e. The number of anilines is 2. The summed E-state index contributed by atoms with van der Waals surface area (Å²) in [4.78, 5) is 30.9. The number of nitrogens with zero attached hydrogens (tertiary/aromatic N) is 3. The third-order valence-corrected chi connectivity index (χ3v) is 9.93. The Labute approximate surface area is 244 Å². The Balaban J connectivity index is 1.35. The van der Waals surface area contributed by atoms with E-state index in [0.717, 1.165) is 17.1 Å². The molecule has 1 aromatic heterocycles. The van der Waals surface area contributed by atoms with Gasteiger partial charge in [0.2, 0.25) is 16.1 Å². The Kier molecular flexibility index (Phi) is 9.01. The number of nitrogens with one attached hydrogen (secondary N) is 1. The molecule has 11 nitrogen and oxygen atoms in total. The average Bonchev–Trinajstić information content (AvgIpc) is 3.45. The van der Waals surface area contributed by atoms with Crippen LogP contribution in [0.4, 0.5) is 18.9 Å². The summed E-state index contributed by atoms with van der Waals surface area (Å²) in [5, 5.41) is 12.9. The van der Waals surface area contributed by atoms with Crippen molar-refractivity contribution in [3.8, 4) is 5.75 Å². The largest absolute Gasteiger partial charge is 0.481 e. The van der Waals surface area contributed by atoms with Crippen LogP contribution in [0.5, 0.6) is 5.75 Å². The van der Waals surface area contributed by atoms with Crippen LogP contribution in [0.15, 0.2) is 53.6 Å². The first-order valence-electron chi connectivity index (χ1n) is 13.2. The SMILES string of the molecule is O=C(O)C1CCN(c2cnc(NC(=O)C(Oc3ccc(F)cc3F)c3ccc(S(=O)(=O)N4CCOCC4)cc3)s2)CC1. The molecule has 2 saturated heterocycles. The highest BCUT2D eigenvalue weighted by Crippen LogP contribution is 2.33. The van der Waals surface area contributed by atoms with Crippen molar-refractivity contribution in [3.05, 3.63) is 65.9 Å². The van der Waals surface area contributed by atoms with Crippen molar-refractivity contribution < 1.29 is 41.4 Å². The van der Waals surface area contributed by atoms with Crippen LogP contribution in [0, 0.1) is 17.6 Å². The molecule has 2 aromatic carbocycles. The Morgan fingerprint density at radius 1 is 1.07 bits per heavy atom. The van der Waals surface area contributed by atoms with Gasteiger partial charge in [0.25, 0.3) is 5.91 Å². The van der Waals surface area contributed by atoms with Gasteiger partial charge in [-0.3, -0.25) is 14.9 Å². The summed E-state index contributed by atoms with van der Waals surface area (Å²) in [6.07, 6.45) is 1.11. The smallest absolute Gasteiger partial charge is 0.306 e. The Morgan fingerprint density at radius 3 is 2.40 bits per heavy atom. The first-order valence-corrected chi connectivity index (χ1v) is 15.4. The number of aromatic nitrogens is 1. The molecule has 0 radical (unpaired) electrons. The summed E-state index contributed by atoms with van der Waals surface area (Å²) in [5.74, 6) is -4.13. The number of carbonyl (C=O) groups excluding carboxylic acids is 1. The minimum atomic E-state index is -3.80. The quantitative estimate of drug-likeness (QED) is 0.367. The van der Waals surface area contributed by atoms with Crippen molar-refractivity contribution in [1.82, 2.24) is 9.29 Å². The second-order valence-corrected chi connectivity index (χ2v) is 12.7. The van der Waals surface area contributed by atoms with Gasteiger partial charge in [0.05, 0.1) is 30.2 Å². The highest BCUT2D eigenvalue weighted by molar-refractivity contribution is 7.89. The lowest BCUT2D eigenvalue weighted by Gasteiger charge is -2.30. The molecule has 3 heterocycles. The van der Waals surface area contributed by atoms with Crippen LogP contribution in [0.25, 0.3) is 0 Å². The number of carboxylic acids is 1. The van der Waals surface area contributed by atoms with Crippen LogP contribution in [0.3, 0.4) is 0 Å². The fraction of sp³-hybridized carbons (Fsp3) is 0.370. The van der Waals surface area contributed by atoms with Gasteiger partial charge in [0, 0.05) is 37.8 Å². The van der Waals surface area contributed by atoms with Gasteiger partial charge < -0.3 is 19.5 Å². The van der Waals surface area contributed by atoms with Crippen LogP contribution >= 0.6 is 11.3 Å². The van der Waals surface area contributed by atoms with Crippen molar-refractivity contribution in [1.29, 1.82) is 0 Å². The van der Waals surface area contributed by atoms with Gasteiger partial charge in [0.15, 0.2) is 16.7 Å². The molecule has 5 rings (SSSR count). The van der Waals surface area contributed by atoms with E-state index in [9.17, 15) is 31.9 Å². The third kappa shape index (κ3) is 6.69. The number of ether oxygens (including phenoxy) is 2. The molecule has 42 heavy (non-hydrogen) atoms. The molecule has 0 bridgehead atoms. The lowest BCUT2D eigenvalue weighted by atomic mass is 9.97. The van der Waals surface area contributed by atoms with Gasteiger partial charge in [-0.05, 0) is 37.1 Å². The third-order valence-electron chi connectivity index (χ3n) is 7.05. The summed E-state index contributed by atoms with van der Waals surface area (Å²) in [6, 6.07) is 8.16. The number of hydrogen-bond donors (Lipinski definition) is 2. The number of amides is 1. The predicted octanol–water partition coefficient (Wildman–Crippen LogP) is 3.50. The molecule has 1 amide bonds. The van der Waals surface area contributed by atoms with E-state index in [2.05, 4.69) is 10.3 Å². The maximum atomic E-state index is 14.5. The first kappa shape index (κ1) is 29.8. The molecule has 0 saturated carbocycles. The van der Waals surface area contributed by atoms with E-state index in [4.69, 9.17) is 9.47 Å². The Bertz CT molecular complexity index is 1540. The zero-order valence-electron chi connectivity index (χ0n) is 22.2. The summed E-state index contributed by atoms with van der Waals surface area (Å²) >= 11 is 1.18. The van der Waals surface area contributed by atoms with E-state index in [1.165, 1.54) is 39.9 Å². The first-order chi connectivity index (χ1) is 20.1. The number of benzene rings is 2. The van der Waals surface area contributed by atoms with Crippen LogP contribution in [-0.4, -0.2) is 74.1 Å². The van der Waals surface area contributed by atoms with Gasteiger partial charge in [-0.25, -0.2) is 22.2 Å². The summed E-state index contributed by atoms with van der Waals surface area (Å²) in [6.45, 7) is 2.07. The topological polar surface area (TPSA) is 138 Å². The van der Waals surface area contributed by atoms with Crippen molar-refractivity contribution in [2.24, 2.45) is 5.92 Å². The van der Waals surface area contributed by atoms with Gasteiger partial charge in [-0.2, -0.15) is 4.31 Å². The average molecular weight is 623 g/mol. The molecule has 224 valence electrons. The van der Waals surface area contributed by atoms with Crippen molar-refractivity contribution >= 4 is 43.4 Å². The molecule has 2 N–H and O–H groups in total. The molecular weight excluding hydrogens is 594 g/mol. The monoisotopic (exact) mass is 622 g/mol. The van der Waals surface area contributed by atoms with Crippen molar-refractivity contribution in [2.75, 3.05) is 49.6 Å². The number of sulfonamides is 1. The minimum absolute atomic E-state index is 0.0107. The highest BCUT2D eigenvalue weighted by atomic mass is 32.2. The molecule has 2 aliphatic heterocycles.